The molecule has 0 aromatic heterocycles. The number of ether oxygens (including phenoxy) is 5. The van der Waals surface area contributed by atoms with Gasteiger partial charge in [0.1, 0.15) is 29.6 Å². The topological polar surface area (TPSA) is 132 Å². The van der Waals surface area contributed by atoms with Gasteiger partial charge in [-0.25, -0.2) is 19.2 Å². The minimum Gasteiger partial charge on any atom is -0.462 e. The van der Waals surface area contributed by atoms with Crippen molar-refractivity contribution in [1.82, 2.24) is 0 Å². The molecule has 0 saturated carbocycles. The van der Waals surface area contributed by atoms with E-state index >= 15 is 0 Å². The molecule has 0 amide bonds. The number of benzene rings is 4. The van der Waals surface area contributed by atoms with E-state index in [0.29, 0.717) is 39.7 Å². The zero-order chi connectivity index (χ0) is 39.1. The average molecular weight is 717 g/mol. The standard InChI is InChI=1S/C23H22O6.C20H18O4/c1-15(2)22(25)27-14-13-21(24)28-19-9-5-17(6-10-19)18-7-11-20(12-8-18)29-23(26)16(3)4;1-13(2)19(21)23-17-9-5-15(6-10-17)16-7-11-18(12-8-16)24-20(22)14(3)4/h5-12H,1,3,13-14H2,2,4H3;5-12H,1,3H2,2,4H3. The minimum absolute atomic E-state index is 0.0505. The zero-order valence-electron chi connectivity index (χ0n) is 30.1. The highest BCUT2D eigenvalue weighted by Gasteiger charge is 2.11. The van der Waals surface area contributed by atoms with Crippen molar-refractivity contribution in [3.63, 3.8) is 0 Å². The van der Waals surface area contributed by atoms with E-state index in [1.54, 1.807) is 81.4 Å². The summed E-state index contributed by atoms with van der Waals surface area (Å²) in [5, 5.41) is 0. The van der Waals surface area contributed by atoms with Crippen LogP contribution in [-0.4, -0.2) is 36.5 Å². The molecule has 4 aromatic carbocycles. The molecule has 0 bridgehead atoms. The molecule has 0 atom stereocenters. The molecule has 0 fully saturated rings. The number of carbonyl (C=O) groups excluding carboxylic acids is 5. The lowest BCUT2D eigenvalue weighted by molar-refractivity contribution is -0.142. The van der Waals surface area contributed by atoms with Crippen LogP contribution in [0.15, 0.2) is 146 Å². The predicted octanol–water partition coefficient (Wildman–Crippen LogP) is 8.57. The van der Waals surface area contributed by atoms with Crippen molar-refractivity contribution in [3.05, 3.63) is 146 Å². The number of hydrogen-bond acceptors (Lipinski definition) is 10. The van der Waals surface area contributed by atoms with Crippen molar-refractivity contribution >= 4 is 29.8 Å². The second-order valence-corrected chi connectivity index (χ2v) is 11.7. The summed E-state index contributed by atoms with van der Waals surface area (Å²) in [4.78, 5) is 57.5. The highest BCUT2D eigenvalue weighted by atomic mass is 16.6. The zero-order valence-corrected chi connectivity index (χ0v) is 30.1. The number of esters is 5. The first kappa shape index (κ1) is 40.6. The van der Waals surface area contributed by atoms with E-state index in [-0.39, 0.29) is 18.6 Å². The predicted molar refractivity (Wildman–Crippen MR) is 201 cm³/mol. The summed E-state index contributed by atoms with van der Waals surface area (Å²) in [5.74, 6) is -0.691. The van der Waals surface area contributed by atoms with Crippen LogP contribution in [0.1, 0.15) is 34.1 Å². The first-order chi connectivity index (χ1) is 25.1. The lowest BCUT2D eigenvalue weighted by atomic mass is 10.1. The molecule has 0 aliphatic heterocycles. The first-order valence-corrected chi connectivity index (χ1v) is 16.2. The van der Waals surface area contributed by atoms with Crippen LogP contribution in [0.2, 0.25) is 0 Å². The van der Waals surface area contributed by atoms with E-state index in [9.17, 15) is 24.0 Å². The second-order valence-electron chi connectivity index (χ2n) is 11.7. The van der Waals surface area contributed by atoms with Crippen LogP contribution in [0.5, 0.6) is 23.0 Å². The van der Waals surface area contributed by atoms with E-state index in [1.807, 2.05) is 36.4 Å². The number of carbonyl (C=O) groups is 5. The van der Waals surface area contributed by atoms with Crippen molar-refractivity contribution in [2.24, 2.45) is 0 Å². The molecular weight excluding hydrogens is 676 g/mol. The number of hydrogen-bond donors (Lipinski definition) is 0. The van der Waals surface area contributed by atoms with Gasteiger partial charge >= 0.3 is 29.8 Å². The van der Waals surface area contributed by atoms with Crippen molar-refractivity contribution < 1.29 is 47.7 Å². The highest BCUT2D eigenvalue weighted by molar-refractivity contribution is 5.90. The summed E-state index contributed by atoms with van der Waals surface area (Å²) in [7, 11) is 0. The quantitative estimate of drug-likeness (QED) is 0.0753. The van der Waals surface area contributed by atoms with Gasteiger partial charge in [-0.1, -0.05) is 74.8 Å². The Morgan fingerprint density at radius 2 is 0.642 bits per heavy atom. The summed E-state index contributed by atoms with van der Waals surface area (Å²) >= 11 is 0. The van der Waals surface area contributed by atoms with Crippen molar-refractivity contribution in [2.45, 2.75) is 34.1 Å². The van der Waals surface area contributed by atoms with Crippen LogP contribution < -0.4 is 18.9 Å². The molecule has 4 rings (SSSR count). The van der Waals surface area contributed by atoms with E-state index < -0.39 is 29.8 Å². The van der Waals surface area contributed by atoms with Gasteiger partial charge in [-0.2, -0.15) is 0 Å². The third kappa shape index (κ3) is 13.4. The van der Waals surface area contributed by atoms with Gasteiger partial charge in [0.15, 0.2) is 0 Å². The van der Waals surface area contributed by atoms with Gasteiger partial charge in [0, 0.05) is 22.3 Å². The molecular formula is C43H40O10. The SMILES string of the molecule is C=C(C)C(=O)OCCC(=O)Oc1ccc(-c2ccc(OC(=O)C(=C)C)cc2)cc1.C=C(C)C(=O)Oc1ccc(-c2ccc(OC(=O)C(=C)C)cc2)cc1. The molecule has 0 N–H and O–H groups in total. The van der Waals surface area contributed by atoms with E-state index in [2.05, 4.69) is 26.3 Å². The average Bonchev–Trinajstić information content (AvgIpc) is 3.13. The fourth-order valence-electron chi connectivity index (χ4n) is 3.98. The fourth-order valence-corrected chi connectivity index (χ4v) is 3.98. The summed E-state index contributed by atoms with van der Waals surface area (Å²) in [5.41, 5.74) is 5.00. The van der Waals surface area contributed by atoms with Gasteiger partial charge < -0.3 is 23.7 Å². The number of rotatable bonds is 13. The molecule has 0 unspecified atom stereocenters. The third-order valence-electron chi connectivity index (χ3n) is 6.88. The van der Waals surface area contributed by atoms with Gasteiger partial charge in [-0.3, -0.25) is 4.79 Å². The normalized spacial score (nSPS) is 9.96. The first-order valence-electron chi connectivity index (χ1n) is 16.2. The smallest absolute Gasteiger partial charge is 0.338 e. The van der Waals surface area contributed by atoms with Gasteiger partial charge in [0.2, 0.25) is 0 Å². The van der Waals surface area contributed by atoms with Crippen molar-refractivity contribution in [2.75, 3.05) is 6.61 Å². The van der Waals surface area contributed by atoms with Crippen molar-refractivity contribution in [1.29, 1.82) is 0 Å². The summed E-state index contributed by atoms with van der Waals surface area (Å²) in [6.45, 7) is 20.3. The Kier molecular flexibility index (Phi) is 15.0. The maximum Gasteiger partial charge on any atom is 0.338 e. The second kappa shape index (κ2) is 19.5. The Morgan fingerprint density at radius 1 is 0.396 bits per heavy atom. The Balaban J connectivity index is 0.000000290. The monoisotopic (exact) mass is 716 g/mol. The highest BCUT2D eigenvalue weighted by Crippen LogP contribution is 2.26. The Labute approximate surface area is 308 Å². The van der Waals surface area contributed by atoms with E-state index in [0.717, 1.165) is 22.3 Å². The molecule has 272 valence electrons. The van der Waals surface area contributed by atoms with E-state index in [1.165, 1.54) is 6.92 Å². The summed E-state index contributed by atoms with van der Waals surface area (Å²) in [6, 6.07) is 28.2. The van der Waals surface area contributed by atoms with Gasteiger partial charge in [0.25, 0.3) is 0 Å². The van der Waals surface area contributed by atoms with Crippen LogP contribution in [0.25, 0.3) is 22.3 Å². The molecule has 0 saturated heterocycles. The molecule has 10 heteroatoms. The maximum absolute atomic E-state index is 11.8. The van der Waals surface area contributed by atoms with Crippen LogP contribution in [-0.2, 0) is 28.7 Å². The Hall–Kier alpha value is -6.81. The van der Waals surface area contributed by atoms with Crippen molar-refractivity contribution in [3.8, 4) is 45.3 Å². The summed E-state index contributed by atoms with van der Waals surface area (Å²) in [6.07, 6.45) is -0.0505. The molecule has 53 heavy (non-hydrogen) atoms. The summed E-state index contributed by atoms with van der Waals surface area (Å²) < 4.78 is 25.5. The minimum atomic E-state index is -0.539. The Bertz CT molecular complexity index is 1930. The van der Waals surface area contributed by atoms with Crippen LogP contribution in [0.4, 0.5) is 0 Å². The van der Waals surface area contributed by atoms with Crippen LogP contribution in [0, 0.1) is 0 Å². The molecule has 10 nitrogen and oxygen atoms in total. The van der Waals surface area contributed by atoms with Crippen LogP contribution in [0.3, 0.4) is 0 Å². The lowest BCUT2D eigenvalue weighted by Crippen LogP contribution is -2.14. The maximum atomic E-state index is 11.8. The van der Waals surface area contributed by atoms with Gasteiger partial charge in [-0.15, -0.1) is 0 Å². The molecule has 0 aliphatic rings. The van der Waals surface area contributed by atoms with Gasteiger partial charge in [0.05, 0.1) is 6.42 Å². The molecule has 0 heterocycles. The molecule has 0 spiro atoms. The third-order valence-corrected chi connectivity index (χ3v) is 6.88. The molecule has 0 aliphatic carbocycles. The molecule has 0 radical (unpaired) electrons. The largest absolute Gasteiger partial charge is 0.462 e. The fraction of sp³-hybridized carbons (Fsp3) is 0.140. The van der Waals surface area contributed by atoms with Gasteiger partial charge in [-0.05, 0) is 98.5 Å². The lowest BCUT2D eigenvalue weighted by Gasteiger charge is -2.08. The van der Waals surface area contributed by atoms with E-state index in [4.69, 9.17) is 23.7 Å². The Morgan fingerprint density at radius 3 is 0.887 bits per heavy atom. The molecule has 4 aromatic rings. The van der Waals surface area contributed by atoms with Crippen LogP contribution >= 0.6 is 0 Å².